The van der Waals surface area contributed by atoms with Gasteiger partial charge >= 0.3 is 12.0 Å². The Hall–Kier alpha value is -2.88. The first-order valence-corrected chi connectivity index (χ1v) is 8.70. The van der Waals surface area contributed by atoms with Crippen LogP contribution in [0.25, 0.3) is 0 Å². The Bertz CT molecular complexity index is 919. The molecule has 1 aliphatic carbocycles. The number of nitrogens with one attached hydrogen (secondary N) is 1. The molecule has 1 aromatic heterocycles. The number of hydrogen-bond acceptors (Lipinski definition) is 5. The minimum absolute atomic E-state index is 0.0181. The number of rotatable bonds is 5. The zero-order chi connectivity index (χ0) is 19.9. The first-order chi connectivity index (χ1) is 13.2. The number of aromatic nitrogens is 2. The van der Waals surface area contributed by atoms with Gasteiger partial charge in [-0.25, -0.2) is 0 Å². The van der Waals surface area contributed by atoms with Gasteiger partial charge in [0.25, 0.3) is 5.91 Å². The van der Waals surface area contributed by atoms with Crippen molar-refractivity contribution in [2.75, 3.05) is 0 Å². The highest BCUT2D eigenvalue weighted by molar-refractivity contribution is 6.01. The van der Waals surface area contributed by atoms with Crippen LogP contribution in [0.2, 0.25) is 0 Å². The summed E-state index contributed by atoms with van der Waals surface area (Å²) < 4.78 is 40.0. The molecule has 1 amide bonds. The molecule has 0 radical (unpaired) electrons. The van der Waals surface area contributed by atoms with Crippen LogP contribution in [0.1, 0.15) is 40.7 Å². The van der Waals surface area contributed by atoms with E-state index < -0.39 is 18.4 Å². The summed E-state index contributed by atoms with van der Waals surface area (Å²) >= 11 is 0. The Balaban J connectivity index is 1.39. The van der Waals surface area contributed by atoms with Crippen LogP contribution in [0.4, 0.5) is 13.2 Å². The van der Waals surface area contributed by atoms with E-state index in [2.05, 4.69) is 20.4 Å². The van der Waals surface area contributed by atoms with Gasteiger partial charge in [-0.1, -0.05) is 29.4 Å². The van der Waals surface area contributed by atoms with Crippen molar-refractivity contribution in [1.29, 1.82) is 0 Å². The van der Waals surface area contributed by atoms with Crippen molar-refractivity contribution in [3.05, 3.63) is 53.3 Å². The maximum absolute atomic E-state index is 12.8. The van der Waals surface area contributed by atoms with E-state index in [-0.39, 0.29) is 17.7 Å². The molecule has 148 valence electrons. The SMILES string of the molecule is O=C(NC1CC1)c1cnn(Cc2ccc(C3=NOC(O)(C(F)(F)F)C3)cc2)c1. The normalized spacial score (nSPS) is 21.9. The Kier molecular flexibility index (Phi) is 4.37. The minimum atomic E-state index is -4.93. The minimum Gasteiger partial charge on any atom is -0.350 e. The van der Waals surface area contributed by atoms with Crippen LogP contribution >= 0.6 is 0 Å². The molecular weight excluding hydrogens is 377 g/mol. The van der Waals surface area contributed by atoms with Gasteiger partial charge in [-0.05, 0) is 24.0 Å². The zero-order valence-corrected chi connectivity index (χ0v) is 14.6. The average Bonchev–Trinajstić information content (AvgIpc) is 3.15. The summed E-state index contributed by atoms with van der Waals surface area (Å²) in [7, 11) is 0. The number of amides is 1. The number of benzene rings is 1. The fourth-order valence-corrected chi connectivity index (χ4v) is 2.78. The Morgan fingerprint density at radius 1 is 1.32 bits per heavy atom. The van der Waals surface area contributed by atoms with Gasteiger partial charge in [0.15, 0.2) is 0 Å². The molecule has 2 aromatic rings. The van der Waals surface area contributed by atoms with Crippen LogP contribution in [-0.2, 0) is 11.4 Å². The molecule has 0 spiro atoms. The Morgan fingerprint density at radius 3 is 2.64 bits per heavy atom. The second-order valence-electron chi connectivity index (χ2n) is 6.96. The molecule has 1 aromatic carbocycles. The zero-order valence-electron chi connectivity index (χ0n) is 14.6. The third-order valence-corrected chi connectivity index (χ3v) is 4.60. The van der Waals surface area contributed by atoms with Crippen LogP contribution in [-0.4, -0.2) is 44.5 Å². The number of nitrogens with zero attached hydrogens (tertiary/aromatic N) is 3. The van der Waals surface area contributed by atoms with Gasteiger partial charge in [0.05, 0.1) is 30.4 Å². The van der Waals surface area contributed by atoms with Gasteiger partial charge in [-0.3, -0.25) is 9.48 Å². The highest BCUT2D eigenvalue weighted by Gasteiger charge is 2.60. The summed E-state index contributed by atoms with van der Waals surface area (Å²) in [6.45, 7) is 0.395. The highest BCUT2D eigenvalue weighted by Crippen LogP contribution is 2.38. The van der Waals surface area contributed by atoms with Crippen LogP contribution < -0.4 is 5.32 Å². The lowest BCUT2D eigenvalue weighted by Gasteiger charge is -2.22. The van der Waals surface area contributed by atoms with Gasteiger partial charge in [-0.2, -0.15) is 18.3 Å². The molecule has 2 N–H and O–H groups in total. The van der Waals surface area contributed by atoms with Gasteiger partial charge < -0.3 is 15.3 Å². The van der Waals surface area contributed by atoms with E-state index in [1.807, 2.05) is 0 Å². The van der Waals surface area contributed by atoms with Gasteiger partial charge in [0, 0.05) is 12.2 Å². The molecule has 4 rings (SSSR count). The molecule has 1 unspecified atom stereocenters. The standard InChI is InChI=1S/C18H17F3N4O3/c19-18(20,21)17(27)7-15(24-28-17)12-3-1-11(2-4-12)9-25-10-13(8-22-25)16(26)23-14-5-6-14/h1-4,8,10,14,27H,5-7,9H2,(H,23,26). The van der Waals surface area contributed by atoms with Crippen LogP contribution in [0.3, 0.4) is 0 Å². The number of hydrogen-bond donors (Lipinski definition) is 2. The first kappa shape index (κ1) is 18.5. The summed E-state index contributed by atoms with van der Waals surface area (Å²) in [6, 6.07) is 6.90. The van der Waals surface area contributed by atoms with Crippen molar-refractivity contribution in [3.63, 3.8) is 0 Å². The second kappa shape index (κ2) is 6.62. The van der Waals surface area contributed by atoms with E-state index in [4.69, 9.17) is 0 Å². The van der Waals surface area contributed by atoms with E-state index in [0.717, 1.165) is 18.4 Å². The predicted octanol–water partition coefficient (Wildman–Crippen LogP) is 2.20. The summed E-state index contributed by atoms with van der Waals surface area (Å²) in [5.41, 5.74) is 1.76. The third kappa shape index (κ3) is 3.72. The van der Waals surface area contributed by atoms with Crippen molar-refractivity contribution in [1.82, 2.24) is 15.1 Å². The van der Waals surface area contributed by atoms with E-state index >= 15 is 0 Å². The topological polar surface area (TPSA) is 88.7 Å². The van der Waals surface area contributed by atoms with Gasteiger partial charge in [-0.15, -0.1) is 0 Å². The third-order valence-electron chi connectivity index (χ3n) is 4.60. The highest BCUT2D eigenvalue weighted by atomic mass is 19.4. The quantitative estimate of drug-likeness (QED) is 0.814. The number of carbonyl (C=O) groups is 1. The predicted molar refractivity (Wildman–Crippen MR) is 91.5 cm³/mol. The molecule has 1 atom stereocenters. The van der Waals surface area contributed by atoms with Crippen LogP contribution in [0, 0.1) is 0 Å². The second-order valence-corrected chi connectivity index (χ2v) is 6.96. The maximum Gasteiger partial charge on any atom is 0.458 e. The number of carbonyl (C=O) groups excluding carboxylic acids is 1. The van der Waals surface area contributed by atoms with Crippen molar-refractivity contribution in [3.8, 4) is 0 Å². The molecule has 1 aliphatic heterocycles. The van der Waals surface area contributed by atoms with Crippen molar-refractivity contribution in [2.24, 2.45) is 5.16 Å². The monoisotopic (exact) mass is 394 g/mol. The van der Waals surface area contributed by atoms with Crippen LogP contribution in [0.15, 0.2) is 41.8 Å². The van der Waals surface area contributed by atoms with Crippen molar-refractivity contribution >= 4 is 11.6 Å². The largest absolute Gasteiger partial charge is 0.458 e. The van der Waals surface area contributed by atoms with Crippen LogP contribution in [0.5, 0.6) is 0 Å². The number of halogens is 3. The number of oxime groups is 1. The van der Waals surface area contributed by atoms with Gasteiger partial charge in [0.1, 0.15) is 0 Å². The molecule has 10 heteroatoms. The summed E-state index contributed by atoms with van der Waals surface area (Å²) in [5, 5.41) is 19.9. The molecule has 0 saturated heterocycles. The van der Waals surface area contributed by atoms with Crippen molar-refractivity contribution in [2.45, 2.75) is 43.8 Å². The van der Waals surface area contributed by atoms with E-state index in [9.17, 15) is 23.1 Å². The molecule has 7 nitrogen and oxygen atoms in total. The fourth-order valence-electron chi connectivity index (χ4n) is 2.78. The van der Waals surface area contributed by atoms with E-state index in [1.165, 1.54) is 6.20 Å². The number of aliphatic hydroxyl groups is 1. The molecule has 28 heavy (non-hydrogen) atoms. The summed E-state index contributed by atoms with van der Waals surface area (Å²) in [6.07, 6.45) is -0.555. The van der Waals surface area contributed by atoms with Gasteiger partial charge in [0.2, 0.25) is 0 Å². The lowest BCUT2D eigenvalue weighted by molar-refractivity contribution is -0.355. The lowest BCUT2D eigenvalue weighted by Crippen LogP contribution is -2.45. The molecule has 2 aliphatic rings. The first-order valence-electron chi connectivity index (χ1n) is 8.70. The average molecular weight is 394 g/mol. The Labute approximate surface area is 157 Å². The lowest BCUT2D eigenvalue weighted by atomic mass is 10.0. The number of alkyl halides is 3. The molecule has 1 saturated carbocycles. The fraction of sp³-hybridized carbons (Fsp3) is 0.389. The molecule has 1 fully saturated rings. The van der Waals surface area contributed by atoms with E-state index in [1.54, 1.807) is 35.1 Å². The smallest absolute Gasteiger partial charge is 0.350 e. The Morgan fingerprint density at radius 2 is 2.04 bits per heavy atom. The summed E-state index contributed by atoms with van der Waals surface area (Å²) in [5.74, 6) is -3.44. The molecule has 0 bridgehead atoms. The summed E-state index contributed by atoms with van der Waals surface area (Å²) in [4.78, 5) is 16.2. The molecular formula is C18H17F3N4O3. The molecule has 2 heterocycles. The van der Waals surface area contributed by atoms with E-state index in [0.29, 0.717) is 17.7 Å². The van der Waals surface area contributed by atoms with Crippen molar-refractivity contribution < 1.29 is 27.9 Å². The maximum atomic E-state index is 12.8.